The molecule has 0 spiro atoms. The van der Waals surface area contributed by atoms with E-state index in [1.54, 1.807) is 36.4 Å². The number of benzene rings is 2. The highest BCUT2D eigenvalue weighted by atomic mass is 16.6. The molecule has 4 saturated heterocycles. The second-order valence-electron chi connectivity index (χ2n) is 16.4. The number of quaternary nitrogens is 2. The molecule has 0 radical (unpaired) electrons. The molecular weight excluding hydrogens is 724 g/mol. The summed E-state index contributed by atoms with van der Waals surface area (Å²) in [7, 11) is 4.35. The fourth-order valence-electron chi connectivity index (χ4n) is 9.85. The Morgan fingerprint density at radius 3 is 1.14 bits per heavy atom. The lowest BCUT2D eigenvalue weighted by molar-refractivity contribution is -0.961. The number of fused-ring (bicyclic) bond motifs is 4. The number of nitrogens with zero attached hydrogens (tertiary/aromatic N) is 2. The third kappa shape index (κ3) is 9.40. The molecule has 4 atom stereocenters. The lowest BCUT2D eigenvalue weighted by Crippen LogP contribution is -2.58. The average molecular weight is 779 g/mol. The summed E-state index contributed by atoms with van der Waals surface area (Å²) in [6.45, 7) is 6.48. The normalized spacial score (nSPS) is 28.8. The summed E-state index contributed by atoms with van der Waals surface area (Å²) in [5.74, 6) is -0.951. The van der Waals surface area contributed by atoms with Gasteiger partial charge in [-0.2, -0.15) is 0 Å². The Bertz CT molecular complexity index is 1710. The fourth-order valence-corrected chi connectivity index (χ4v) is 9.85. The third-order valence-corrected chi connectivity index (χ3v) is 12.4. The van der Waals surface area contributed by atoms with Crippen molar-refractivity contribution in [2.75, 3.05) is 14.1 Å². The quantitative estimate of drug-likeness (QED) is 0.148. The molecule has 56 heavy (non-hydrogen) atoms. The van der Waals surface area contributed by atoms with Crippen molar-refractivity contribution in [2.45, 2.75) is 141 Å². The molecule has 4 heterocycles. The van der Waals surface area contributed by atoms with Crippen molar-refractivity contribution in [3.05, 3.63) is 47.5 Å². The average Bonchev–Trinajstić information content (AvgIpc) is 3.33. The number of carbonyl (C=O) groups is 6. The van der Waals surface area contributed by atoms with E-state index in [2.05, 4.69) is 14.1 Å². The zero-order valence-electron chi connectivity index (χ0n) is 33.2. The number of esters is 6. The first-order valence-corrected chi connectivity index (χ1v) is 19.6. The standard InChI is InChI=1S/C42H54N2O12/c1-25(45)51-35-11-13-39(53-27(3)47)29(17-35)23-43(5)31-7-8-32(43)20-37(19-31)55-41(49)15-16-42(50)56-38-21-33-9-10-34(22-38)44(33,6)24-30-18-36(52-26(2)46)12-14-40(30)54-28(4)48/h11-14,17-18,31-34,37-38H,7-10,15-16,19-24H2,1-6H3/q+2. The van der Waals surface area contributed by atoms with Crippen LogP contribution in [0.3, 0.4) is 0 Å². The number of ether oxygens (including phenoxy) is 6. The highest BCUT2D eigenvalue weighted by Crippen LogP contribution is 2.46. The molecule has 14 nitrogen and oxygen atoms in total. The van der Waals surface area contributed by atoms with Gasteiger partial charge in [-0.1, -0.05) is 0 Å². The third-order valence-electron chi connectivity index (χ3n) is 12.4. The van der Waals surface area contributed by atoms with Gasteiger partial charge in [0.15, 0.2) is 0 Å². The maximum Gasteiger partial charge on any atom is 0.308 e. The van der Waals surface area contributed by atoms with E-state index in [1.165, 1.54) is 27.7 Å². The van der Waals surface area contributed by atoms with Gasteiger partial charge in [-0.15, -0.1) is 0 Å². The number of hydrogen-bond donors (Lipinski definition) is 0. The lowest BCUT2D eigenvalue weighted by atomic mass is 9.95. The van der Waals surface area contributed by atoms with Crippen LogP contribution in [0.15, 0.2) is 36.4 Å². The molecule has 4 aliphatic rings. The SMILES string of the molecule is CC(=O)Oc1ccc(OC(C)=O)c(C[N+]2(C)C3CCC2CC(OC(=O)CCC(=O)OC2CC4CCC(C2)[N+]4(C)Cc2cc(OC(C)=O)ccc2OC(C)=O)C3)c1. The molecule has 2 aromatic rings. The van der Waals surface area contributed by atoms with E-state index < -0.39 is 35.8 Å². The summed E-state index contributed by atoms with van der Waals surface area (Å²) in [5.41, 5.74) is 1.53. The van der Waals surface area contributed by atoms with Crippen LogP contribution in [0.4, 0.5) is 0 Å². The summed E-state index contributed by atoms with van der Waals surface area (Å²) in [6, 6.07) is 10.8. The largest absolute Gasteiger partial charge is 0.462 e. The molecule has 0 saturated carbocycles. The second kappa shape index (κ2) is 16.7. The minimum absolute atomic E-state index is 0.0591. The van der Waals surface area contributed by atoms with E-state index in [4.69, 9.17) is 28.4 Å². The molecule has 4 aliphatic heterocycles. The first-order valence-electron chi connectivity index (χ1n) is 19.6. The maximum absolute atomic E-state index is 13.0. The van der Waals surface area contributed by atoms with Gasteiger partial charge in [-0.3, -0.25) is 28.8 Å². The number of hydrogen-bond acceptors (Lipinski definition) is 12. The van der Waals surface area contributed by atoms with Crippen LogP contribution in [0.25, 0.3) is 0 Å². The fraction of sp³-hybridized carbons (Fsp3) is 0.571. The van der Waals surface area contributed by atoms with Gasteiger partial charge in [0, 0.05) is 79.1 Å². The molecule has 6 rings (SSSR count). The minimum atomic E-state index is -0.438. The van der Waals surface area contributed by atoms with Crippen LogP contribution in [0, 0.1) is 0 Å². The monoisotopic (exact) mass is 778 g/mol. The predicted molar refractivity (Wildman–Crippen MR) is 199 cm³/mol. The summed E-state index contributed by atoms with van der Waals surface area (Å²) in [6.07, 6.45) is 5.90. The van der Waals surface area contributed by atoms with Crippen LogP contribution >= 0.6 is 0 Å². The zero-order valence-corrected chi connectivity index (χ0v) is 33.2. The molecule has 0 aliphatic carbocycles. The Morgan fingerprint density at radius 1 is 0.518 bits per heavy atom. The smallest absolute Gasteiger partial charge is 0.308 e. The van der Waals surface area contributed by atoms with E-state index in [-0.39, 0.29) is 49.2 Å². The number of rotatable bonds is 13. The topological polar surface area (TPSA) is 158 Å². The Hall–Kier alpha value is -4.82. The first-order chi connectivity index (χ1) is 26.5. The molecule has 4 bridgehead atoms. The van der Waals surface area contributed by atoms with Crippen LogP contribution < -0.4 is 18.9 Å². The van der Waals surface area contributed by atoms with Crippen LogP contribution in [0.2, 0.25) is 0 Å². The van der Waals surface area contributed by atoms with Gasteiger partial charge in [0.2, 0.25) is 0 Å². The highest BCUT2D eigenvalue weighted by Gasteiger charge is 2.54. The summed E-state index contributed by atoms with van der Waals surface area (Å²) < 4.78 is 34.9. The molecular formula is C42H54N2O12+2. The molecule has 302 valence electrons. The maximum atomic E-state index is 13.0. The van der Waals surface area contributed by atoms with Gasteiger partial charge in [-0.05, 0) is 36.4 Å². The predicted octanol–water partition coefficient (Wildman–Crippen LogP) is 5.23. The minimum Gasteiger partial charge on any atom is -0.462 e. The number of carbonyl (C=O) groups excluding carboxylic acids is 6. The Labute approximate surface area is 327 Å². The van der Waals surface area contributed by atoms with Crippen molar-refractivity contribution in [1.29, 1.82) is 0 Å². The molecule has 2 aromatic carbocycles. The van der Waals surface area contributed by atoms with Crippen molar-refractivity contribution in [3.8, 4) is 23.0 Å². The first kappa shape index (κ1) is 40.8. The van der Waals surface area contributed by atoms with Gasteiger partial charge in [0.25, 0.3) is 0 Å². The van der Waals surface area contributed by atoms with Crippen molar-refractivity contribution in [1.82, 2.24) is 0 Å². The molecule has 4 fully saturated rings. The Kier molecular flexibility index (Phi) is 12.2. The Balaban J connectivity index is 0.995. The Morgan fingerprint density at radius 2 is 0.839 bits per heavy atom. The molecule has 14 heteroatoms. The van der Waals surface area contributed by atoms with Crippen molar-refractivity contribution in [2.24, 2.45) is 0 Å². The van der Waals surface area contributed by atoms with Gasteiger partial charge < -0.3 is 37.4 Å². The van der Waals surface area contributed by atoms with E-state index >= 15 is 0 Å². The van der Waals surface area contributed by atoms with Crippen molar-refractivity contribution in [3.63, 3.8) is 0 Å². The zero-order chi connectivity index (χ0) is 40.4. The van der Waals surface area contributed by atoms with Crippen LogP contribution in [-0.2, 0) is 51.3 Å². The second-order valence-corrected chi connectivity index (χ2v) is 16.4. The van der Waals surface area contributed by atoms with E-state index in [0.29, 0.717) is 70.7 Å². The summed E-state index contributed by atoms with van der Waals surface area (Å²) in [4.78, 5) is 73.0. The lowest BCUT2D eigenvalue weighted by Gasteiger charge is -2.47. The molecule has 4 unspecified atom stereocenters. The molecule has 0 N–H and O–H groups in total. The number of piperidine rings is 2. The van der Waals surface area contributed by atoms with Crippen LogP contribution in [-0.4, -0.2) is 95.3 Å². The van der Waals surface area contributed by atoms with E-state index in [0.717, 1.165) is 36.8 Å². The van der Waals surface area contributed by atoms with Gasteiger partial charge in [0.05, 0.1) is 62.2 Å². The summed E-state index contributed by atoms with van der Waals surface area (Å²) in [5, 5.41) is 0. The van der Waals surface area contributed by atoms with E-state index in [9.17, 15) is 28.8 Å². The van der Waals surface area contributed by atoms with Gasteiger partial charge in [0.1, 0.15) is 48.3 Å². The molecule has 0 aromatic heterocycles. The van der Waals surface area contributed by atoms with Crippen LogP contribution in [0.5, 0.6) is 23.0 Å². The highest BCUT2D eigenvalue weighted by molar-refractivity contribution is 5.78. The van der Waals surface area contributed by atoms with Crippen molar-refractivity contribution >= 4 is 35.8 Å². The van der Waals surface area contributed by atoms with Gasteiger partial charge >= 0.3 is 35.8 Å². The molecule has 0 amide bonds. The summed E-state index contributed by atoms with van der Waals surface area (Å²) >= 11 is 0. The van der Waals surface area contributed by atoms with Crippen LogP contribution in [0.1, 0.15) is 103 Å². The van der Waals surface area contributed by atoms with E-state index in [1.807, 2.05) is 0 Å². The van der Waals surface area contributed by atoms with Crippen molar-refractivity contribution < 1.29 is 66.2 Å². The van der Waals surface area contributed by atoms with Gasteiger partial charge in [-0.25, -0.2) is 0 Å².